The molecule has 5 nitrogen and oxygen atoms in total. The lowest BCUT2D eigenvalue weighted by Crippen LogP contribution is -2.32. The van der Waals surface area contributed by atoms with Crippen LogP contribution in [0.25, 0.3) is 0 Å². The van der Waals surface area contributed by atoms with E-state index in [-0.39, 0.29) is 11.9 Å². The van der Waals surface area contributed by atoms with E-state index in [9.17, 15) is 4.79 Å². The minimum atomic E-state index is -0.354. The second-order valence-electron chi connectivity index (χ2n) is 4.22. The lowest BCUT2D eigenvalue weighted by atomic mass is 10.1. The molecule has 6 heteroatoms. The fourth-order valence-corrected chi connectivity index (χ4v) is 1.79. The average molecular weight is 279 g/mol. The third-order valence-electron chi connectivity index (χ3n) is 2.84. The Morgan fingerprint density at radius 1 is 1.42 bits per heavy atom. The summed E-state index contributed by atoms with van der Waals surface area (Å²) in [5, 5.41) is 7.53. The zero-order valence-electron chi connectivity index (χ0n) is 10.6. The van der Waals surface area contributed by atoms with E-state index in [4.69, 9.17) is 11.6 Å². The number of rotatable bonds is 5. The fourth-order valence-electron chi connectivity index (χ4n) is 1.67. The maximum absolute atomic E-state index is 11.9. The molecule has 0 radical (unpaired) electrons. The molecular formula is C13H15ClN4O. The average Bonchev–Trinajstić information content (AvgIpc) is 2.94. The molecule has 19 heavy (non-hydrogen) atoms. The largest absolute Gasteiger partial charge is 0.354 e. The Morgan fingerprint density at radius 2 is 2.16 bits per heavy atom. The number of nitrogens with one attached hydrogen (secondary N) is 1. The van der Waals surface area contributed by atoms with Gasteiger partial charge in [0, 0.05) is 11.6 Å². The summed E-state index contributed by atoms with van der Waals surface area (Å²) in [5.74, 6) is -0.0699. The summed E-state index contributed by atoms with van der Waals surface area (Å²) in [6.07, 6.45) is 3.72. The van der Waals surface area contributed by atoms with Gasteiger partial charge in [-0.15, -0.1) is 0 Å². The molecule has 0 bridgehead atoms. The molecule has 0 spiro atoms. The predicted molar refractivity (Wildman–Crippen MR) is 72.9 cm³/mol. The fraction of sp³-hybridized carbons (Fsp3) is 0.308. The first-order chi connectivity index (χ1) is 9.16. The molecule has 0 saturated heterocycles. The van der Waals surface area contributed by atoms with Crippen LogP contribution < -0.4 is 5.32 Å². The molecule has 1 heterocycles. The van der Waals surface area contributed by atoms with Crippen LogP contribution >= 0.6 is 11.6 Å². The summed E-state index contributed by atoms with van der Waals surface area (Å²) < 4.78 is 1.53. The van der Waals surface area contributed by atoms with Crippen molar-refractivity contribution in [3.8, 4) is 0 Å². The molecule has 100 valence electrons. The van der Waals surface area contributed by atoms with E-state index in [1.165, 1.54) is 17.3 Å². The summed E-state index contributed by atoms with van der Waals surface area (Å²) in [7, 11) is 0. The Balaban J connectivity index is 1.79. The van der Waals surface area contributed by atoms with E-state index in [0.717, 1.165) is 12.0 Å². The van der Waals surface area contributed by atoms with E-state index in [0.29, 0.717) is 11.6 Å². The minimum Gasteiger partial charge on any atom is -0.354 e. The molecule has 0 aliphatic carbocycles. The number of aromatic nitrogens is 3. The van der Waals surface area contributed by atoms with Crippen LogP contribution in [0.15, 0.2) is 36.9 Å². The van der Waals surface area contributed by atoms with Gasteiger partial charge in [0.15, 0.2) is 0 Å². The minimum absolute atomic E-state index is 0.0699. The number of halogens is 1. The van der Waals surface area contributed by atoms with Gasteiger partial charge < -0.3 is 5.32 Å². The van der Waals surface area contributed by atoms with Crippen LogP contribution in [0.5, 0.6) is 0 Å². The van der Waals surface area contributed by atoms with Crippen LogP contribution in [0.2, 0.25) is 5.02 Å². The Morgan fingerprint density at radius 3 is 2.79 bits per heavy atom. The summed E-state index contributed by atoms with van der Waals surface area (Å²) in [5.41, 5.74) is 1.14. The topological polar surface area (TPSA) is 59.8 Å². The molecule has 0 aliphatic rings. The molecule has 1 atom stereocenters. The van der Waals surface area contributed by atoms with Crippen LogP contribution in [0.4, 0.5) is 0 Å². The van der Waals surface area contributed by atoms with Gasteiger partial charge in [0.25, 0.3) is 0 Å². The van der Waals surface area contributed by atoms with Gasteiger partial charge in [-0.1, -0.05) is 23.7 Å². The summed E-state index contributed by atoms with van der Waals surface area (Å²) in [4.78, 5) is 15.7. The molecule has 1 aromatic heterocycles. The summed E-state index contributed by atoms with van der Waals surface area (Å²) in [6, 6.07) is 7.24. The quantitative estimate of drug-likeness (QED) is 0.908. The Hall–Kier alpha value is -1.88. The number of benzene rings is 1. The van der Waals surface area contributed by atoms with Crippen molar-refractivity contribution in [2.75, 3.05) is 6.54 Å². The van der Waals surface area contributed by atoms with Crippen molar-refractivity contribution in [3.63, 3.8) is 0 Å². The first-order valence-corrected chi connectivity index (χ1v) is 6.41. The van der Waals surface area contributed by atoms with Crippen molar-refractivity contribution in [2.45, 2.75) is 19.4 Å². The molecule has 0 fully saturated rings. The smallest absolute Gasteiger partial charge is 0.244 e. The molecular weight excluding hydrogens is 264 g/mol. The van der Waals surface area contributed by atoms with Gasteiger partial charge in [-0.05, 0) is 31.0 Å². The maximum Gasteiger partial charge on any atom is 0.244 e. The standard InChI is InChI=1S/C13H15ClN4O/c1-10(18-9-15-8-17-18)13(19)16-7-6-11-2-4-12(14)5-3-11/h2-5,8-10H,6-7H2,1H3,(H,16,19). The van der Waals surface area contributed by atoms with Gasteiger partial charge in [-0.3, -0.25) is 4.79 Å². The monoisotopic (exact) mass is 278 g/mol. The maximum atomic E-state index is 11.9. The van der Waals surface area contributed by atoms with Crippen molar-refractivity contribution in [3.05, 3.63) is 47.5 Å². The summed E-state index contributed by atoms with van der Waals surface area (Å²) >= 11 is 5.81. The Kier molecular flexibility index (Phi) is 4.52. The number of hydrogen-bond donors (Lipinski definition) is 1. The van der Waals surface area contributed by atoms with Crippen LogP contribution in [0.3, 0.4) is 0 Å². The number of carbonyl (C=O) groups is 1. The molecule has 1 unspecified atom stereocenters. The molecule has 1 aromatic carbocycles. The van der Waals surface area contributed by atoms with Crippen LogP contribution in [0, 0.1) is 0 Å². The van der Waals surface area contributed by atoms with Gasteiger partial charge in [0.2, 0.25) is 5.91 Å². The van der Waals surface area contributed by atoms with Crippen molar-refractivity contribution in [1.29, 1.82) is 0 Å². The highest BCUT2D eigenvalue weighted by Crippen LogP contribution is 2.09. The van der Waals surface area contributed by atoms with Crippen molar-refractivity contribution < 1.29 is 4.79 Å². The van der Waals surface area contributed by atoms with E-state index < -0.39 is 0 Å². The van der Waals surface area contributed by atoms with Gasteiger partial charge in [-0.25, -0.2) is 9.67 Å². The highest BCUT2D eigenvalue weighted by Gasteiger charge is 2.14. The van der Waals surface area contributed by atoms with Crippen LogP contribution in [0.1, 0.15) is 18.5 Å². The van der Waals surface area contributed by atoms with Crippen LogP contribution in [-0.2, 0) is 11.2 Å². The summed E-state index contributed by atoms with van der Waals surface area (Å²) in [6.45, 7) is 2.37. The lowest BCUT2D eigenvalue weighted by Gasteiger charge is -2.11. The number of hydrogen-bond acceptors (Lipinski definition) is 3. The second-order valence-corrected chi connectivity index (χ2v) is 4.66. The lowest BCUT2D eigenvalue weighted by molar-refractivity contribution is -0.124. The number of nitrogens with zero attached hydrogens (tertiary/aromatic N) is 3. The SMILES string of the molecule is CC(C(=O)NCCc1ccc(Cl)cc1)n1cncn1. The number of amides is 1. The second kappa shape index (κ2) is 6.33. The zero-order valence-corrected chi connectivity index (χ0v) is 11.3. The zero-order chi connectivity index (χ0) is 13.7. The molecule has 0 saturated carbocycles. The van der Waals surface area contributed by atoms with E-state index in [1.54, 1.807) is 6.92 Å². The molecule has 1 N–H and O–H groups in total. The Bertz CT molecular complexity index is 524. The third-order valence-corrected chi connectivity index (χ3v) is 3.09. The highest BCUT2D eigenvalue weighted by atomic mass is 35.5. The molecule has 1 amide bonds. The van der Waals surface area contributed by atoms with Gasteiger partial charge in [0.1, 0.15) is 18.7 Å². The van der Waals surface area contributed by atoms with E-state index >= 15 is 0 Å². The predicted octanol–water partition coefficient (Wildman–Crippen LogP) is 1.85. The van der Waals surface area contributed by atoms with Crippen LogP contribution in [-0.4, -0.2) is 27.2 Å². The van der Waals surface area contributed by atoms with Gasteiger partial charge >= 0.3 is 0 Å². The molecule has 2 aromatic rings. The first kappa shape index (κ1) is 13.5. The van der Waals surface area contributed by atoms with Crippen molar-refractivity contribution in [1.82, 2.24) is 20.1 Å². The van der Waals surface area contributed by atoms with E-state index in [1.807, 2.05) is 24.3 Å². The number of carbonyl (C=O) groups excluding carboxylic acids is 1. The Labute approximate surface area is 116 Å². The van der Waals surface area contributed by atoms with Crippen molar-refractivity contribution in [2.24, 2.45) is 0 Å². The van der Waals surface area contributed by atoms with E-state index in [2.05, 4.69) is 15.4 Å². The first-order valence-electron chi connectivity index (χ1n) is 6.03. The normalized spacial score (nSPS) is 12.1. The molecule has 2 rings (SSSR count). The van der Waals surface area contributed by atoms with Crippen molar-refractivity contribution >= 4 is 17.5 Å². The van der Waals surface area contributed by atoms with Gasteiger partial charge in [-0.2, -0.15) is 5.10 Å². The van der Waals surface area contributed by atoms with Gasteiger partial charge in [0.05, 0.1) is 0 Å². The molecule has 0 aliphatic heterocycles. The third kappa shape index (κ3) is 3.79. The highest BCUT2D eigenvalue weighted by molar-refractivity contribution is 6.30.